The summed E-state index contributed by atoms with van der Waals surface area (Å²) in [5.41, 5.74) is 2.05. The van der Waals surface area contributed by atoms with Crippen LogP contribution in [0.3, 0.4) is 0 Å². The van der Waals surface area contributed by atoms with Crippen LogP contribution in [0.25, 0.3) is 10.2 Å². The Labute approximate surface area is 115 Å². The molecule has 0 radical (unpaired) electrons. The molecule has 0 bridgehead atoms. The third kappa shape index (κ3) is 2.75. The quantitative estimate of drug-likeness (QED) is 0.788. The Morgan fingerprint density at radius 3 is 2.58 bits per heavy atom. The maximum Gasteiger partial charge on any atom is 0.279 e. The number of fused-ring (bicyclic) bond motifs is 1. The van der Waals surface area contributed by atoms with E-state index in [2.05, 4.69) is 4.98 Å². The van der Waals surface area contributed by atoms with Crippen LogP contribution in [0, 0.1) is 0 Å². The highest BCUT2D eigenvalue weighted by molar-refractivity contribution is 7.20. The Hall–Kier alpha value is -1.91. The number of aliphatic hydroxyl groups excluding tert-OH is 1. The summed E-state index contributed by atoms with van der Waals surface area (Å²) in [5, 5.41) is 9.51. The van der Waals surface area contributed by atoms with Gasteiger partial charge in [-0.25, -0.2) is 4.98 Å². The molecule has 0 saturated carbocycles. The van der Waals surface area contributed by atoms with Crippen LogP contribution in [0.2, 0.25) is 0 Å². The first kappa shape index (κ1) is 12.1. The summed E-state index contributed by atoms with van der Waals surface area (Å²) < 4.78 is 6.86. The summed E-state index contributed by atoms with van der Waals surface area (Å²) >= 11 is 1.53. The molecule has 0 unspecified atom stereocenters. The van der Waals surface area contributed by atoms with Crippen LogP contribution in [0.5, 0.6) is 10.9 Å². The number of ether oxygens (including phenoxy) is 1. The van der Waals surface area contributed by atoms with Crippen LogP contribution >= 0.6 is 11.3 Å². The number of rotatable bonds is 4. The molecule has 0 atom stereocenters. The van der Waals surface area contributed by atoms with Gasteiger partial charge in [-0.2, -0.15) is 0 Å². The summed E-state index contributed by atoms with van der Waals surface area (Å²) in [5.74, 6) is 0.765. The van der Waals surface area contributed by atoms with E-state index < -0.39 is 0 Å². The van der Waals surface area contributed by atoms with Crippen LogP contribution in [0.4, 0.5) is 0 Å². The lowest BCUT2D eigenvalue weighted by Crippen LogP contribution is -1.90. The van der Waals surface area contributed by atoms with Crippen molar-refractivity contribution in [1.82, 2.24) is 4.98 Å². The minimum Gasteiger partial charge on any atom is -0.431 e. The predicted molar refractivity (Wildman–Crippen MR) is 76.9 cm³/mol. The average molecular weight is 271 g/mol. The smallest absolute Gasteiger partial charge is 0.279 e. The van der Waals surface area contributed by atoms with Gasteiger partial charge in [-0.1, -0.05) is 35.6 Å². The van der Waals surface area contributed by atoms with Crippen molar-refractivity contribution in [3.63, 3.8) is 0 Å². The lowest BCUT2D eigenvalue weighted by Gasteiger charge is -2.02. The molecule has 1 heterocycles. The molecule has 1 aromatic heterocycles. The number of thiazole rings is 1. The molecule has 0 fully saturated rings. The van der Waals surface area contributed by atoms with Gasteiger partial charge in [0.25, 0.3) is 5.19 Å². The Morgan fingerprint density at radius 2 is 1.84 bits per heavy atom. The van der Waals surface area contributed by atoms with Crippen molar-refractivity contribution in [3.8, 4) is 10.9 Å². The van der Waals surface area contributed by atoms with Gasteiger partial charge < -0.3 is 9.84 Å². The van der Waals surface area contributed by atoms with Crippen LogP contribution < -0.4 is 4.74 Å². The molecule has 19 heavy (non-hydrogen) atoms. The van der Waals surface area contributed by atoms with Gasteiger partial charge in [0.1, 0.15) is 5.75 Å². The van der Waals surface area contributed by atoms with Gasteiger partial charge in [-0.05, 0) is 36.2 Å². The van der Waals surface area contributed by atoms with Crippen LogP contribution in [0.1, 0.15) is 5.56 Å². The normalized spacial score (nSPS) is 10.8. The van der Waals surface area contributed by atoms with Crippen molar-refractivity contribution in [2.45, 2.75) is 6.42 Å². The molecule has 0 spiro atoms. The molecule has 96 valence electrons. The molecule has 3 rings (SSSR count). The Balaban J connectivity index is 1.80. The third-order valence-electron chi connectivity index (χ3n) is 2.80. The summed E-state index contributed by atoms with van der Waals surface area (Å²) in [7, 11) is 0. The lowest BCUT2D eigenvalue weighted by atomic mass is 10.1. The first-order chi connectivity index (χ1) is 9.35. The van der Waals surface area contributed by atoms with Gasteiger partial charge in [0, 0.05) is 6.61 Å². The fraction of sp³-hybridized carbons (Fsp3) is 0.133. The average Bonchev–Trinajstić information content (AvgIpc) is 2.83. The molecule has 0 amide bonds. The van der Waals surface area contributed by atoms with Gasteiger partial charge >= 0.3 is 0 Å². The Kier molecular flexibility index (Phi) is 3.44. The summed E-state index contributed by atoms with van der Waals surface area (Å²) in [6, 6.07) is 15.7. The molecular weight excluding hydrogens is 258 g/mol. The van der Waals surface area contributed by atoms with Crippen molar-refractivity contribution in [2.24, 2.45) is 0 Å². The van der Waals surface area contributed by atoms with E-state index in [0.717, 1.165) is 21.5 Å². The van der Waals surface area contributed by atoms with E-state index in [1.807, 2.05) is 48.5 Å². The van der Waals surface area contributed by atoms with Gasteiger partial charge in [0.2, 0.25) is 0 Å². The molecule has 0 aliphatic heterocycles. The molecule has 0 aliphatic rings. The molecule has 4 heteroatoms. The Bertz CT molecular complexity index is 643. The second-order valence-corrected chi connectivity index (χ2v) is 5.16. The van der Waals surface area contributed by atoms with Gasteiger partial charge in [-0.3, -0.25) is 0 Å². The van der Waals surface area contributed by atoms with E-state index in [9.17, 15) is 0 Å². The largest absolute Gasteiger partial charge is 0.431 e. The van der Waals surface area contributed by atoms with Crippen LogP contribution in [-0.4, -0.2) is 16.7 Å². The van der Waals surface area contributed by atoms with E-state index in [0.29, 0.717) is 11.6 Å². The molecule has 3 aromatic rings. The molecule has 2 aromatic carbocycles. The molecule has 3 nitrogen and oxygen atoms in total. The molecule has 0 aliphatic carbocycles. The molecule has 1 N–H and O–H groups in total. The predicted octanol–water partition coefficient (Wildman–Crippen LogP) is 3.62. The summed E-state index contributed by atoms with van der Waals surface area (Å²) in [6.45, 7) is 0.165. The van der Waals surface area contributed by atoms with E-state index in [-0.39, 0.29) is 6.61 Å². The van der Waals surface area contributed by atoms with E-state index in [1.54, 1.807) is 0 Å². The molecule has 0 saturated heterocycles. The zero-order valence-electron chi connectivity index (χ0n) is 10.2. The topological polar surface area (TPSA) is 42.4 Å². The number of benzene rings is 2. The number of para-hydroxylation sites is 1. The second kappa shape index (κ2) is 5.38. The van der Waals surface area contributed by atoms with Crippen molar-refractivity contribution < 1.29 is 9.84 Å². The van der Waals surface area contributed by atoms with Crippen molar-refractivity contribution in [3.05, 3.63) is 54.1 Å². The SMILES string of the molecule is OCCc1ccc(Oc2nc3ccccc3s2)cc1. The van der Waals surface area contributed by atoms with Crippen molar-refractivity contribution in [1.29, 1.82) is 0 Å². The van der Waals surface area contributed by atoms with Gasteiger partial charge in [0.15, 0.2) is 0 Å². The number of hydrogen-bond donors (Lipinski definition) is 1. The van der Waals surface area contributed by atoms with E-state index in [1.165, 1.54) is 11.3 Å². The second-order valence-electron chi connectivity index (χ2n) is 4.17. The number of hydrogen-bond acceptors (Lipinski definition) is 4. The molecular formula is C15H13NO2S. The number of aliphatic hydroxyl groups is 1. The third-order valence-corrected chi connectivity index (χ3v) is 3.72. The highest BCUT2D eigenvalue weighted by Gasteiger charge is 2.05. The highest BCUT2D eigenvalue weighted by atomic mass is 32.1. The summed E-state index contributed by atoms with van der Waals surface area (Å²) in [6.07, 6.45) is 0.668. The first-order valence-corrected chi connectivity index (χ1v) is 6.90. The van der Waals surface area contributed by atoms with Crippen molar-refractivity contribution >= 4 is 21.6 Å². The fourth-order valence-corrected chi connectivity index (χ4v) is 2.68. The number of nitrogens with zero attached hydrogens (tertiary/aromatic N) is 1. The maximum absolute atomic E-state index is 8.87. The fourth-order valence-electron chi connectivity index (χ4n) is 1.85. The monoisotopic (exact) mass is 271 g/mol. The zero-order chi connectivity index (χ0) is 13.1. The summed E-state index contributed by atoms with van der Waals surface area (Å²) in [4.78, 5) is 4.42. The first-order valence-electron chi connectivity index (χ1n) is 6.08. The maximum atomic E-state index is 8.87. The minimum atomic E-state index is 0.165. The van der Waals surface area contributed by atoms with Crippen molar-refractivity contribution in [2.75, 3.05) is 6.61 Å². The minimum absolute atomic E-state index is 0.165. The van der Waals surface area contributed by atoms with Crippen LogP contribution in [0.15, 0.2) is 48.5 Å². The Morgan fingerprint density at radius 1 is 1.05 bits per heavy atom. The van der Waals surface area contributed by atoms with Gasteiger partial charge in [-0.15, -0.1) is 0 Å². The zero-order valence-corrected chi connectivity index (χ0v) is 11.1. The highest BCUT2D eigenvalue weighted by Crippen LogP contribution is 2.31. The van der Waals surface area contributed by atoms with E-state index in [4.69, 9.17) is 9.84 Å². The van der Waals surface area contributed by atoms with E-state index >= 15 is 0 Å². The van der Waals surface area contributed by atoms with Gasteiger partial charge in [0.05, 0.1) is 10.2 Å². The standard InChI is InChI=1S/C15H13NO2S/c17-10-9-11-5-7-12(8-6-11)18-15-16-13-3-1-2-4-14(13)19-15/h1-8,17H,9-10H2. The number of aromatic nitrogens is 1. The lowest BCUT2D eigenvalue weighted by molar-refractivity contribution is 0.299. The van der Waals surface area contributed by atoms with Crippen LogP contribution in [-0.2, 0) is 6.42 Å².